The number of hydrogen-bond donors (Lipinski definition) is 0. The lowest BCUT2D eigenvalue weighted by Gasteiger charge is -2.04. The van der Waals surface area contributed by atoms with Gasteiger partial charge in [-0.05, 0) is 0 Å². The number of Topliss-reactive ketones (excluding diaryl/α,β-unsaturated/α-hetero) is 1. The molecular formula is C9H14O. The molecule has 56 valence electrons. The second-order valence-corrected chi connectivity index (χ2v) is 2.89. The van der Waals surface area contributed by atoms with Crippen molar-refractivity contribution in [3.8, 4) is 12.3 Å². The maximum atomic E-state index is 11.0. The standard InChI is InChI=1S/C9H14O/c1-5-8(4)6-9(10)7(2)3/h1,7-8H,6H2,2-4H3. The van der Waals surface area contributed by atoms with E-state index in [4.69, 9.17) is 6.42 Å². The average molecular weight is 138 g/mol. The molecular weight excluding hydrogens is 124 g/mol. The van der Waals surface area contributed by atoms with Gasteiger partial charge in [0, 0.05) is 18.3 Å². The molecule has 1 heteroatoms. The van der Waals surface area contributed by atoms with Crippen molar-refractivity contribution in [3.05, 3.63) is 0 Å². The van der Waals surface area contributed by atoms with Crippen LogP contribution in [0.2, 0.25) is 0 Å². The zero-order valence-electron chi connectivity index (χ0n) is 6.85. The average Bonchev–Trinajstić information content (AvgIpc) is 1.87. The smallest absolute Gasteiger partial charge is 0.136 e. The lowest BCUT2D eigenvalue weighted by atomic mass is 9.99. The van der Waals surface area contributed by atoms with Crippen molar-refractivity contribution < 1.29 is 4.79 Å². The Kier molecular flexibility index (Phi) is 3.79. The highest BCUT2D eigenvalue weighted by molar-refractivity contribution is 5.80. The Bertz CT molecular complexity index is 151. The Hall–Kier alpha value is -0.770. The minimum atomic E-state index is 0.0925. The minimum absolute atomic E-state index is 0.0925. The van der Waals surface area contributed by atoms with Crippen LogP contribution in [-0.4, -0.2) is 5.78 Å². The van der Waals surface area contributed by atoms with E-state index in [0.717, 1.165) is 0 Å². The Morgan fingerprint density at radius 3 is 2.30 bits per heavy atom. The molecule has 0 aromatic heterocycles. The summed E-state index contributed by atoms with van der Waals surface area (Å²) in [6, 6.07) is 0. The normalized spacial score (nSPS) is 12.7. The van der Waals surface area contributed by atoms with Crippen LogP contribution in [0.3, 0.4) is 0 Å². The first kappa shape index (κ1) is 9.23. The van der Waals surface area contributed by atoms with Gasteiger partial charge in [-0.15, -0.1) is 12.3 Å². The number of terminal acetylenes is 1. The Morgan fingerprint density at radius 1 is 1.50 bits per heavy atom. The molecule has 0 aromatic rings. The summed E-state index contributed by atoms with van der Waals surface area (Å²) in [5.41, 5.74) is 0. The van der Waals surface area contributed by atoms with Gasteiger partial charge in [-0.2, -0.15) is 0 Å². The van der Waals surface area contributed by atoms with Gasteiger partial charge >= 0.3 is 0 Å². The van der Waals surface area contributed by atoms with E-state index in [0.29, 0.717) is 6.42 Å². The van der Waals surface area contributed by atoms with E-state index in [2.05, 4.69) is 5.92 Å². The van der Waals surface area contributed by atoms with Gasteiger partial charge < -0.3 is 0 Å². The quantitative estimate of drug-likeness (QED) is 0.544. The van der Waals surface area contributed by atoms with Gasteiger partial charge in [0.05, 0.1) is 0 Å². The van der Waals surface area contributed by atoms with Crippen LogP contribution in [0.5, 0.6) is 0 Å². The highest BCUT2D eigenvalue weighted by atomic mass is 16.1. The summed E-state index contributed by atoms with van der Waals surface area (Å²) in [7, 11) is 0. The van der Waals surface area contributed by atoms with Gasteiger partial charge in [-0.25, -0.2) is 0 Å². The maximum absolute atomic E-state index is 11.0. The molecule has 0 bridgehead atoms. The van der Waals surface area contributed by atoms with E-state index in [-0.39, 0.29) is 17.6 Å². The van der Waals surface area contributed by atoms with Crippen molar-refractivity contribution in [1.29, 1.82) is 0 Å². The first-order valence-corrected chi connectivity index (χ1v) is 3.56. The van der Waals surface area contributed by atoms with Gasteiger partial charge in [0.15, 0.2) is 0 Å². The second kappa shape index (κ2) is 4.11. The summed E-state index contributed by atoms with van der Waals surface area (Å²) >= 11 is 0. The maximum Gasteiger partial charge on any atom is 0.136 e. The van der Waals surface area contributed by atoms with Gasteiger partial charge in [0.2, 0.25) is 0 Å². The summed E-state index contributed by atoms with van der Waals surface area (Å²) in [5, 5.41) is 0. The zero-order chi connectivity index (χ0) is 8.15. The summed E-state index contributed by atoms with van der Waals surface area (Å²) in [4.78, 5) is 11.0. The third-order valence-electron chi connectivity index (χ3n) is 1.44. The van der Waals surface area contributed by atoms with Crippen LogP contribution in [0.15, 0.2) is 0 Å². The Labute approximate surface area is 62.8 Å². The summed E-state index contributed by atoms with van der Waals surface area (Å²) in [6.07, 6.45) is 5.64. The molecule has 10 heavy (non-hydrogen) atoms. The molecule has 0 radical (unpaired) electrons. The van der Waals surface area contributed by atoms with E-state index < -0.39 is 0 Å². The minimum Gasteiger partial charge on any atom is -0.299 e. The molecule has 1 nitrogen and oxygen atoms in total. The zero-order valence-corrected chi connectivity index (χ0v) is 6.85. The third-order valence-corrected chi connectivity index (χ3v) is 1.44. The summed E-state index contributed by atoms with van der Waals surface area (Å²) in [6.45, 7) is 5.68. The van der Waals surface area contributed by atoms with Crippen molar-refractivity contribution in [2.75, 3.05) is 0 Å². The Balaban J connectivity index is 3.71. The largest absolute Gasteiger partial charge is 0.299 e. The fourth-order valence-corrected chi connectivity index (χ4v) is 0.596. The molecule has 0 amide bonds. The molecule has 0 spiro atoms. The Morgan fingerprint density at radius 2 is 2.00 bits per heavy atom. The first-order chi connectivity index (χ1) is 4.57. The second-order valence-electron chi connectivity index (χ2n) is 2.89. The van der Waals surface area contributed by atoms with Crippen molar-refractivity contribution >= 4 is 5.78 Å². The van der Waals surface area contributed by atoms with Gasteiger partial charge in [-0.3, -0.25) is 4.79 Å². The predicted molar refractivity (Wildman–Crippen MR) is 42.5 cm³/mol. The molecule has 1 atom stereocenters. The molecule has 0 N–H and O–H groups in total. The molecule has 1 unspecified atom stereocenters. The van der Waals surface area contributed by atoms with Crippen LogP contribution >= 0.6 is 0 Å². The van der Waals surface area contributed by atoms with E-state index in [9.17, 15) is 4.79 Å². The fourth-order valence-electron chi connectivity index (χ4n) is 0.596. The molecule has 0 aliphatic carbocycles. The van der Waals surface area contributed by atoms with Crippen LogP contribution in [0, 0.1) is 24.2 Å². The molecule has 0 saturated heterocycles. The third kappa shape index (κ3) is 3.29. The molecule has 0 aliphatic rings. The SMILES string of the molecule is C#CC(C)CC(=O)C(C)C. The highest BCUT2D eigenvalue weighted by Crippen LogP contribution is 2.06. The topological polar surface area (TPSA) is 17.1 Å². The number of rotatable bonds is 3. The van der Waals surface area contributed by atoms with Crippen molar-refractivity contribution in [1.82, 2.24) is 0 Å². The lowest BCUT2D eigenvalue weighted by molar-refractivity contribution is -0.122. The number of carbonyl (C=O) groups excluding carboxylic acids is 1. The lowest BCUT2D eigenvalue weighted by Crippen LogP contribution is -2.10. The van der Waals surface area contributed by atoms with Crippen molar-refractivity contribution in [2.45, 2.75) is 27.2 Å². The molecule has 0 saturated carbocycles. The molecule has 0 aliphatic heterocycles. The van der Waals surface area contributed by atoms with E-state index in [1.54, 1.807) is 0 Å². The highest BCUT2D eigenvalue weighted by Gasteiger charge is 2.09. The van der Waals surface area contributed by atoms with Gasteiger partial charge in [-0.1, -0.05) is 20.8 Å². The number of hydrogen-bond acceptors (Lipinski definition) is 1. The number of ketones is 1. The van der Waals surface area contributed by atoms with Crippen LogP contribution in [0.1, 0.15) is 27.2 Å². The molecule has 0 aromatic carbocycles. The molecule has 0 rings (SSSR count). The molecule has 0 fully saturated rings. The van der Waals surface area contributed by atoms with Gasteiger partial charge in [0.25, 0.3) is 0 Å². The van der Waals surface area contributed by atoms with E-state index in [1.807, 2.05) is 20.8 Å². The van der Waals surface area contributed by atoms with Crippen molar-refractivity contribution in [3.63, 3.8) is 0 Å². The summed E-state index contributed by atoms with van der Waals surface area (Å²) < 4.78 is 0. The van der Waals surface area contributed by atoms with Crippen LogP contribution in [0.25, 0.3) is 0 Å². The van der Waals surface area contributed by atoms with Gasteiger partial charge in [0.1, 0.15) is 5.78 Å². The number of carbonyl (C=O) groups is 1. The predicted octanol–water partition coefficient (Wildman–Crippen LogP) is 1.87. The van der Waals surface area contributed by atoms with Crippen LogP contribution < -0.4 is 0 Å². The van der Waals surface area contributed by atoms with Crippen LogP contribution in [-0.2, 0) is 4.79 Å². The molecule has 0 heterocycles. The first-order valence-electron chi connectivity index (χ1n) is 3.56. The fraction of sp³-hybridized carbons (Fsp3) is 0.667. The summed E-state index contributed by atoms with van der Waals surface area (Å²) in [5.74, 6) is 3.00. The monoisotopic (exact) mass is 138 g/mol. The van der Waals surface area contributed by atoms with E-state index in [1.165, 1.54) is 0 Å². The van der Waals surface area contributed by atoms with Crippen molar-refractivity contribution in [2.24, 2.45) is 11.8 Å². The van der Waals surface area contributed by atoms with E-state index >= 15 is 0 Å². The van der Waals surface area contributed by atoms with Crippen LogP contribution in [0.4, 0.5) is 0 Å².